The first kappa shape index (κ1) is 14.0. The molecular formula is C14H18N4O2. The average Bonchev–Trinajstić information content (AvgIpc) is 2.88. The van der Waals surface area contributed by atoms with Crippen molar-refractivity contribution < 1.29 is 9.53 Å². The van der Waals surface area contributed by atoms with E-state index in [0.717, 1.165) is 11.3 Å². The molecule has 0 spiro atoms. The zero-order valence-corrected chi connectivity index (χ0v) is 11.5. The zero-order valence-electron chi connectivity index (χ0n) is 11.5. The van der Waals surface area contributed by atoms with Gasteiger partial charge in [0, 0.05) is 24.7 Å². The van der Waals surface area contributed by atoms with Crippen LogP contribution in [0.2, 0.25) is 0 Å². The standard InChI is InChI=1S/C14H18N4O2/c1-2-20-13(19)6-4-8-18-10-16-9-12(18)11-5-3-7-17-14(11)15/h3,5,7,9-10H,2,4,6,8H2,1H3,(H2,15,17). The fraction of sp³-hybridized carbons (Fsp3) is 0.357. The predicted octanol–water partition coefficient (Wildman–Crippen LogP) is 1.87. The van der Waals surface area contributed by atoms with Gasteiger partial charge < -0.3 is 15.0 Å². The van der Waals surface area contributed by atoms with E-state index in [9.17, 15) is 4.79 Å². The Morgan fingerprint density at radius 2 is 2.35 bits per heavy atom. The van der Waals surface area contributed by atoms with Gasteiger partial charge in [0.1, 0.15) is 5.82 Å². The van der Waals surface area contributed by atoms with Crippen molar-refractivity contribution >= 4 is 11.8 Å². The molecule has 6 nitrogen and oxygen atoms in total. The SMILES string of the molecule is CCOC(=O)CCCn1cncc1-c1cccnc1N. The molecule has 0 unspecified atom stereocenters. The van der Waals surface area contributed by atoms with Gasteiger partial charge in [0.05, 0.1) is 24.8 Å². The second-order valence-electron chi connectivity index (χ2n) is 4.32. The van der Waals surface area contributed by atoms with Crippen LogP contribution in [0.1, 0.15) is 19.8 Å². The van der Waals surface area contributed by atoms with Gasteiger partial charge in [-0.25, -0.2) is 9.97 Å². The molecule has 0 aliphatic carbocycles. The number of nitrogen functional groups attached to an aromatic ring is 1. The van der Waals surface area contributed by atoms with E-state index < -0.39 is 0 Å². The molecule has 0 saturated heterocycles. The van der Waals surface area contributed by atoms with Crippen LogP contribution in [0.3, 0.4) is 0 Å². The molecule has 0 saturated carbocycles. The normalized spacial score (nSPS) is 10.4. The number of anilines is 1. The van der Waals surface area contributed by atoms with Gasteiger partial charge >= 0.3 is 5.97 Å². The highest BCUT2D eigenvalue weighted by molar-refractivity contribution is 5.70. The Bertz CT molecular complexity index is 580. The molecule has 0 aromatic carbocycles. The van der Waals surface area contributed by atoms with Crippen LogP contribution in [0, 0.1) is 0 Å². The van der Waals surface area contributed by atoms with E-state index in [4.69, 9.17) is 10.5 Å². The summed E-state index contributed by atoms with van der Waals surface area (Å²) in [6.07, 6.45) is 6.22. The van der Waals surface area contributed by atoms with Crippen LogP contribution in [-0.4, -0.2) is 27.1 Å². The average molecular weight is 274 g/mol. The summed E-state index contributed by atoms with van der Waals surface area (Å²) in [5.74, 6) is 0.301. The van der Waals surface area contributed by atoms with Gasteiger partial charge in [-0.15, -0.1) is 0 Å². The summed E-state index contributed by atoms with van der Waals surface area (Å²) < 4.78 is 6.87. The van der Waals surface area contributed by atoms with Crippen LogP contribution in [-0.2, 0) is 16.1 Å². The monoisotopic (exact) mass is 274 g/mol. The molecule has 0 bridgehead atoms. The largest absolute Gasteiger partial charge is 0.466 e. The number of ether oxygens (including phenoxy) is 1. The number of aromatic nitrogens is 3. The maximum atomic E-state index is 11.3. The zero-order chi connectivity index (χ0) is 14.4. The summed E-state index contributed by atoms with van der Waals surface area (Å²) in [5, 5.41) is 0. The molecule has 2 aromatic heterocycles. The number of esters is 1. The predicted molar refractivity (Wildman–Crippen MR) is 75.7 cm³/mol. The molecule has 0 aliphatic rings. The van der Waals surface area contributed by atoms with E-state index in [1.165, 1.54) is 0 Å². The number of nitrogens with zero attached hydrogens (tertiary/aromatic N) is 3. The number of carbonyl (C=O) groups excluding carboxylic acids is 1. The number of rotatable bonds is 6. The van der Waals surface area contributed by atoms with Gasteiger partial charge in [0.25, 0.3) is 0 Å². The molecular weight excluding hydrogens is 256 g/mol. The minimum Gasteiger partial charge on any atom is -0.466 e. The second kappa shape index (κ2) is 6.70. The van der Waals surface area contributed by atoms with Crippen molar-refractivity contribution in [3.63, 3.8) is 0 Å². The maximum absolute atomic E-state index is 11.3. The number of pyridine rings is 1. The van der Waals surface area contributed by atoms with Gasteiger partial charge in [-0.05, 0) is 25.5 Å². The van der Waals surface area contributed by atoms with Crippen LogP contribution in [0.5, 0.6) is 0 Å². The van der Waals surface area contributed by atoms with Crippen molar-refractivity contribution in [3.8, 4) is 11.3 Å². The van der Waals surface area contributed by atoms with Gasteiger partial charge in [0.15, 0.2) is 0 Å². The van der Waals surface area contributed by atoms with E-state index in [1.807, 2.05) is 16.7 Å². The topological polar surface area (TPSA) is 83.0 Å². The van der Waals surface area contributed by atoms with Gasteiger partial charge in [0.2, 0.25) is 0 Å². The van der Waals surface area contributed by atoms with E-state index in [-0.39, 0.29) is 5.97 Å². The molecule has 0 radical (unpaired) electrons. The van der Waals surface area contributed by atoms with E-state index in [0.29, 0.717) is 31.8 Å². The van der Waals surface area contributed by atoms with Crippen molar-refractivity contribution in [1.29, 1.82) is 0 Å². The summed E-state index contributed by atoms with van der Waals surface area (Å²) in [4.78, 5) is 19.5. The van der Waals surface area contributed by atoms with Crippen LogP contribution >= 0.6 is 0 Å². The molecule has 0 amide bonds. The third kappa shape index (κ3) is 3.34. The Labute approximate surface area is 117 Å². The van der Waals surface area contributed by atoms with E-state index >= 15 is 0 Å². The molecule has 2 heterocycles. The van der Waals surface area contributed by atoms with Crippen LogP contribution in [0.25, 0.3) is 11.3 Å². The highest BCUT2D eigenvalue weighted by atomic mass is 16.5. The lowest BCUT2D eigenvalue weighted by molar-refractivity contribution is -0.143. The molecule has 0 atom stereocenters. The van der Waals surface area contributed by atoms with E-state index in [2.05, 4.69) is 9.97 Å². The Kier molecular flexibility index (Phi) is 4.70. The highest BCUT2D eigenvalue weighted by Gasteiger charge is 2.09. The van der Waals surface area contributed by atoms with Crippen molar-refractivity contribution in [1.82, 2.24) is 14.5 Å². The first-order valence-electron chi connectivity index (χ1n) is 6.59. The van der Waals surface area contributed by atoms with E-state index in [1.54, 1.807) is 25.6 Å². The first-order valence-corrected chi connectivity index (χ1v) is 6.59. The fourth-order valence-corrected chi connectivity index (χ4v) is 1.98. The Hall–Kier alpha value is -2.37. The van der Waals surface area contributed by atoms with Crippen LogP contribution in [0.4, 0.5) is 5.82 Å². The number of aryl methyl sites for hydroxylation is 1. The smallest absolute Gasteiger partial charge is 0.305 e. The summed E-state index contributed by atoms with van der Waals surface area (Å²) in [6.45, 7) is 2.90. The molecule has 2 N–H and O–H groups in total. The van der Waals surface area contributed by atoms with Crippen LogP contribution < -0.4 is 5.73 Å². The number of nitrogens with two attached hydrogens (primary N) is 1. The summed E-state index contributed by atoms with van der Waals surface area (Å²) in [7, 11) is 0. The molecule has 106 valence electrons. The van der Waals surface area contributed by atoms with Crippen molar-refractivity contribution in [2.45, 2.75) is 26.3 Å². The molecule has 20 heavy (non-hydrogen) atoms. The summed E-state index contributed by atoms with van der Waals surface area (Å²) in [6, 6.07) is 3.74. The van der Waals surface area contributed by atoms with Crippen molar-refractivity contribution in [3.05, 3.63) is 30.9 Å². The molecule has 0 aliphatic heterocycles. The number of imidazole rings is 1. The van der Waals surface area contributed by atoms with Crippen molar-refractivity contribution in [2.24, 2.45) is 0 Å². The molecule has 2 rings (SSSR count). The number of hydrogen-bond donors (Lipinski definition) is 1. The lowest BCUT2D eigenvalue weighted by Crippen LogP contribution is -2.07. The molecule has 6 heteroatoms. The van der Waals surface area contributed by atoms with Crippen molar-refractivity contribution in [2.75, 3.05) is 12.3 Å². The Balaban J connectivity index is 2.03. The number of carbonyl (C=O) groups is 1. The quantitative estimate of drug-likeness (QED) is 0.813. The Morgan fingerprint density at radius 3 is 3.10 bits per heavy atom. The third-order valence-electron chi connectivity index (χ3n) is 2.91. The third-order valence-corrected chi connectivity index (χ3v) is 2.91. The molecule has 2 aromatic rings. The first-order chi connectivity index (χ1) is 9.72. The summed E-state index contributed by atoms with van der Waals surface area (Å²) >= 11 is 0. The van der Waals surface area contributed by atoms with Gasteiger partial charge in [-0.3, -0.25) is 4.79 Å². The summed E-state index contributed by atoms with van der Waals surface area (Å²) in [5.41, 5.74) is 7.62. The Morgan fingerprint density at radius 1 is 1.50 bits per heavy atom. The van der Waals surface area contributed by atoms with Crippen LogP contribution in [0.15, 0.2) is 30.9 Å². The van der Waals surface area contributed by atoms with Gasteiger partial charge in [-0.2, -0.15) is 0 Å². The maximum Gasteiger partial charge on any atom is 0.305 e. The lowest BCUT2D eigenvalue weighted by Gasteiger charge is -2.09. The van der Waals surface area contributed by atoms with Gasteiger partial charge in [-0.1, -0.05) is 0 Å². The fourth-order valence-electron chi connectivity index (χ4n) is 1.98. The highest BCUT2D eigenvalue weighted by Crippen LogP contribution is 2.23. The lowest BCUT2D eigenvalue weighted by atomic mass is 10.2. The number of hydrogen-bond acceptors (Lipinski definition) is 5. The molecule has 0 fully saturated rings. The second-order valence-corrected chi connectivity index (χ2v) is 4.32. The minimum atomic E-state index is -0.171. The minimum absolute atomic E-state index is 0.171.